The highest BCUT2D eigenvalue weighted by Gasteiger charge is 2.31. The molecular weight excluding hydrogens is 208 g/mol. The summed E-state index contributed by atoms with van der Waals surface area (Å²) in [6.07, 6.45) is 4.85. The zero-order chi connectivity index (χ0) is 12.3. The number of para-hydroxylation sites is 1. The molecule has 1 aromatic carbocycles. The van der Waals surface area contributed by atoms with Gasteiger partial charge in [-0.15, -0.1) is 0 Å². The number of rotatable bonds is 4. The minimum absolute atomic E-state index is 0.433. The van der Waals surface area contributed by atoms with Crippen LogP contribution in [0.2, 0.25) is 0 Å². The molecule has 1 aromatic rings. The lowest BCUT2D eigenvalue weighted by atomic mass is 9.77. The Morgan fingerprint density at radius 2 is 2.12 bits per heavy atom. The Balaban J connectivity index is 2.08. The third kappa shape index (κ3) is 2.79. The molecule has 0 saturated heterocycles. The molecule has 0 heterocycles. The maximum atomic E-state index is 9.39. The van der Waals surface area contributed by atoms with Crippen LogP contribution >= 0.6 is 0 Å². The predicted molar refractivity (Wildman–Crippen MR) is 70.8 cm³/mol. The molecule has 2 rings (SSSR count). The van der Waals surface area contributed by atoms with Crippen LogP contribution in [0.1, 0.15) is 38.2 Å². The summed E-state index contributed by atoms with van der Waals surface area (Å²) in [5.41, 5.74) is 1.84. The molecule has 0 radical (unpaired) electrons. The molecule has 0 spiro atoms. The van der Waals surface area contributed by atoms with E-state index in [1.165, 1.54) is 24.8 Å². The Kier molecular flexibility index (Phi) is 3.38. The summed E-state index contributed by atoms with van der Waals surface area (Å²) >= 11 is 0. The summed E-state index contributed by atoms with van der Waals surface area (Å²) in [5.74, 6) is 0.733. The van der Waals surface area contributed by atoms with Gasteiger partial charge in [-0.2, -0.15) is 5.26 Å². The smallest absolute Gasteiger partial charge is 0.122 e. The van der Waals surface area contributed by atoms with E-state index >= 15 is 0 Å². The number of nitrogens with one attached hydrogen (secondary N) is 1. The molecule has 0 aromatic heterocycles. The van der Waals surface area contributed by atoms with Gasteiger partial charge in [0.1, 0.15) is 5.54 Å². The highest BCUT2D eigenvalue weighted by Crippen LogP contribution is 2.35. The van der Waals surface area contributed by atoms with Gasteiger partial charge in [0.2, 0.25) is 0 Å². The second kappa shape index (κ2) is 4.79. The van der Waals surface area contributed by atoms with Crippen molar-refractivity contribution in [3.05, 3.63) is 29.8 Å². The first-order chi connectivity index (χ1) is 8.13. The van der Waals surface area contributed by atoms with Crippen molar-refractivity contribution < 1.29 is 0 Å². The molecule has 0 amide bonds. The van der Waals surface area contributed by atoms with Crippen molar-refractivity contribution in [1.82, 2.24) is 0 Å². The molecule has 1 aliphatic carbocycles. The van der Waals surface area contributed by atoms with E-state index in [1.807, 2.05) is 25.1 Å². The van der Waals surface area contributed by atoms with Crippen molar-refractivity contribution in [2.75, 3.05) is 5.32 Å². The summed E-state index contributed by atoms with van der Waals surface area (Å²) in [5, 5.41) is 12.8. The number of hydrogen-bond acceptors (Lipinski definition) is 2. The highest BCUT2D eigenvalue weighted by atomic mass is 15.0. The lowest BCUT2D eigenvalue weighted by Gasteiger charge is -2.34. The lowest BCUT2D eigenvalue weighted by Crippen LogP contribution is -2.37. The predicted octanol–water partition coefficient (Wildman–Crippen LogP) is 3.88. The average Bonchev–Trinajstić information content (AvgIpc) is 2.27. The van der Waals surface area contributed by atoms with Gasteiger partial charge in [0.15, 0.2) is 0 Å². The lowest BCUT2D eigenvalue weighted by molar-refractivity contribution is 0.267. The molecule has 90 valence electrons. The van der Waals surface area contributed by atoms with Gasteiger partial charge in [0.05, 0.1) is 6.07 Å². The first-order valence-electron chi connectivity index (χ1n) is 6.38. The van der Waals surface area contributed by atoms with E-state index in [-0.39, 0.29) is 0 Å². The van der Waals surface area contributed by atoms with Gasteiger partial charge in [-0.3, -0.25) is 0 Å². The molecule has 1 N–H and O–H groups in total. The van der Waals surface area contributed by atoms with Crippen LogP contribution in [-0.2, 0) is 0 Å². The monoisotopic (exact) mass is 228 g/mol. The normalized spacial score (nSPS) is 18.9. The fourth-order valence-corrected chi connectivity index (χ4v) is 2.41. The molecule has 0 aliphatic heterocycles. The van der Waals surface area contributed by atoms with Crippen LogP contribution in [0.25, 0.3) is 0 Å². The Morgan fingerprint density at radius 3 is 2.65 bits per heavy atom. The highest BCUT2D eigenvalue weighted by molar-refractivity contribution is 5.53. The number of anilines is 1. The maximum absolute atomic E-state index is 9.39. The van der Waals surface area contributed by atoms with E-state index in [0.29, 0.717) is 0 Å². The Labute approximate surface area is 104 Å². The van der Waals surface area contributed by atoms with Crippen LogP contribution in [0.5, 0.6) is 0 Å². The molecule has 0 bridgehead atoms. The number of nitriles is 1. The second-order valence-electron chi connectivity index (χ2n) is 5.38. The van der Waals surface area contributed by atoms with Gasteiger partial charge in [0, 0.05) is 5.69 Å². The molecular formula is C15H20N2. The molecule has 2 nitrogen and oxygen atoms in total. The van der Waals surface area contributed by atoms with E-state index in [2.05, 4.69) is 24.4 Å². The number of aryl methyl sites for hydroxylation is 1. The first kappa shape index (κ1) is 12.0. The molecule has 17 heavy (non-hydrogen) atoms. The van der Waals surface area contributed by atoms with E-state index < -0.39 is 5.54 Å². The van der Waals surface area contributed by atoms with E-state index in [4.69, 9.17) is 0 Å². The van der Waals surface area contributed by atoms with Crippen LogP contribution in [0.15, 0.2) is 24.3 Å². The van der Waals surface area contributed by atoms with Crippen LogP contribution in [0, 0.1) is 24.2 Å². The summed E-state index contributed by atoms with van der Waals surface area (Å²) in [6, 6.07) is 10.6. The molecule has 2 heteroatoms. The van der Waals surface area contributed by atoms with Crippen molar-refractivity contribution in [2.24, 2.45) is 5.92 Å². The Bertz CT molecular complexity index is 429. The quantitative estimate of drug-likeness (QED) is 0.849. The largest absolute Gasteiger partial charge is 0.367 e. The number of benzene rings is 1. The van der Waals surface area contributed by atoms with Gasteiger partial charge in [-0.25, -0.2) is 0 Å². The Morgan fingerprint density at radius 1 is 1.41 bits per heavy atom. The van der Waals surface area contributed by atoms with Crippen LogP contribution in [0.3, 0.4) is 0 Å². The SMILES string of the molecule is Cc1ccccc1NC(C)(C#N)CC1CCC1. The van der Waals surface area contributed by atoms with Crippen LogP contribution in [-0.4, -0.2) is 5.54 Å². The molecule has 1 atom stereocenters. The van der Waals surface area contributed by atoms with Crippen molar-refractivity contribution >= 4 is 5.69 Å². The van der Waals surface area contributed by atoms with Crippen molar-refractivity contribution in [2.45, 2.75) is 45.1 Å². The topological polar surface area (TPSA) is 35.8 Å². The molecule has 1 unspecified atom stereocenters. The minimum atomic E-state index is -0.433. The van der Waals surface area contributed by atoms with Crippen molar-refractivity contribution in [3.63, 3.8) is 0 Å². The number of hydrogen-bond donors (Lipinski definition) is 1. The fourth-order valence-electron chi connectivity index (χ4n) is 2.41. The van der Waals surface area contributed by atoms with E-state index in [1.54, 1.807) is 0 Å². The van der Waals surface area contributed by atoms with Gasteiger partial charge in [-0.05, 0) is 37.8 Å². The van der Waals surface area contributed by atoms with Crippen molar-refractivity contribution in [3.8, 4) is 6.07 Å². The van der Waals surface area contributed by atoms with Gasteiger partial charge in [0.25, 0.3) is 0 Å². The van der Waals surface area contributed by atoms with Crippen LogP contribution < -0.4 is 5.32 Å². The Hall–Kier alpha value is -1.49. The first-order valence-corrected chi connectivity index (χ1v) is 6.38. The zero-order valence-corrected chi connectivity index (χ0v) is 10.7. The minimum Gasteiger partial charge on any atom is -0.367 e. The van der Waals surface area contributed by atoms with Gasteiger partial charge < -0.3 is 5.32 Å². The van der Waals surface area contributed by atoms with Crippen LogP contribution in [0.4, 0.5) is 5.69 Å². The molecule has 1 saturated carbocycles. The second-order valence-corrected chi connectivity index (χ2v) is 5.38. The fraction of sp³-hybridized carbons (Fsp3) is 0.533. The van der Waals surface area contributed by atoms with E-state index in [0.717, 1.165) is 18.0 Å². The average molecular weight is 228 g/mol. The third-order valence-electron chi connectivity index (χ3n) is 3.72. The summed E-state index contributed by atoms with van der Waals surface area (Å²) in [7, 11) is 0. The maximum Gasteiger partial charge on any atom is 0.122 e. The van der Waals surface area contributed by atoms with Gasteiger partial charge in [-0.1, -0.05) is 37.5 Å². The summed E-state index contributed by atoms with van der Waals surface area (Å²) in [4.78, 5) is 0. The van der Waals surface area contributed by atoms with Crippen molar-refractivity contribution in [1.29, 1.82) is 5.26 Å². The number of nitrogens with zero attached hydrogens (tertiary/aromatic N) is 1. The van der Waals surface area contributed by atoms with E-state index in [9.17, 15) is 5.26 Å². The molecule has 1 fully saturated rings. The summed E-state index contributed by atoms with van der Waals surface area (Å²) < 4.78 is 0. The molecule has 1 aliphatic rings. The summed E-state index contributed by atoms with van der Waals surface area (Å²) in [6.45, 7) is 4.08. The van der Waals surface area contributed by atoms with Gasteiger partial charge >= 0.3 is 0 Å². The standard InChI is InChI=1S/C15H20N2/c1-12-6-3-4-9-14(12)17-15(2,11-16)10-13-7-5-8-13/h3-4,6,9,13,17H,5,7-8,10H2,1-2H3. The third-order valence-corrected chi connectivity index (χ3v) is 3.72. The zero-order valence-electron chi connectivity index (χ0n) is 10.7.